The fourth-order valence-electron chi connectivity index (χ4n) is 3.86. The van der Waals surface area contributed by atoms with E-state index in [1.165, 1.54) is 0 Å². The molecular weight excluding hydrogens is 463 g/mol. The molecule has 0 aliphatic carbocycles. The average molecular weight is 491 g/mol. The standard InChI is InChI=1S/C25H28Cl2N2O2S/c1-4-25(5-2,14-13-22(30)31-16-18-9-7-6-8-10-18)23-17(3)32-24(29-23)28-21-12-11-19(26)15-20(21)27/h6-12,15H,4-5,13-14,16H2,1-3H3,(H,28,29). The van der Waals surface area contributed by atoms with Gasteiger partial charge in [0, 0.05) is 21.7 Å². The minimum atomic E-state index is -0.184. The van der Waals surface area contributed by atoms with Gasteiger partial charge in [-0.15, -0.1) is 11.3 Å². The zero-order chi connectivity index (χ0) is 23.1. The van der Waals surface area contributed by atoms with Gasteiger partial charge in [-0.25, -0.2) is 4.98 Å². The van der Waals surface area contributed by atoms with Gasteiger partial charge in [0.1, 0.15) is 6.61 Å². The summed E-state index contributed by atoms with van der Waals surface area (Å²) in [6.07, 6.45) is 2.83. The van der Waals surface area contributed by atoms with E-state index in [1.54, 1.807) is 23.5 Å². The van der Waals surface area contributed by atoms with Crippen LogP contribution in [0.3, 0.4) is 0 Å². The number of carbonyl (C=O) groups is 1. The number of esters is 1. The first kappa shape index (κ1) is 24.6. The number of carbonyl (C=O) groups excluding carboxylic acids is 1. The number of hydrogen-bond acceptors (Lipinski definition) is 5. The highest BCUT2D eigenvalue weighted by molar-refractivity contribution is 7.15. The molecule has 32 heavy (non-hydrogen) atoms. The second-order valence-corrected chi connectivity index (χ2v) is 9.85. The summed E-state index contributed by atoms with van der Waals surface area (Å²) in [5.41, 5.74) is 2.61. The van der Waals surface area contributed by atoms with Crippen molar-refractivity contribution < 1.29 is 9.53 Å². The molecule has 3 aromatic rings. The van der Waals surface area contributed by atoms with Crippen molar-refractivity contribution in [3.05, 3.63) is 74.7 Å². The van der Waals surface area contributed by atoms with Gasteiger partial charge in [0.05, 0.1) is 16.4 Å². The number of nitrogens with one attached hydrogen (secondary N) is 1. The van der Waals surface area contributed by atoms with Crippen LogP contribution in [-0.2, 0) is 21.6 Å². The lowest BCUT2D eigenvalue weighted by Gasteiger charge is -2.30. The first-order chi connectivity index (χ1) is 15.4. The lowest BCUT2D eigenvalue weighted by atomic mass is 9.75. The van der Waals surface area contributed by atoms with Gasteiger partial charge in [0.15, 0.2) is 5.13 Å². The van der Waals surface area contributed by atoms with Crippen molar-refractivity contribution in [1.82, 2.24) is 4.98 Å². The van der Waals surface area contributed by atoms with Gasteiger partial charge in [-0.2, -0.15) is 0 Å². The number of halogens is 2. The van der Waals surface area contributed by atoms with Crippen LogP contribution in [0.4, 0.5) is 10.8 Å². The Hall–Kier alpha value is -2.08. The van der Waals surface area contributed by atoms with Gasteiger partial charge in [-0.3, -0.25) is 4.79 Å². The molecule has 1 N–H and O–H groups in total. The molecule has 0 radical (unpaired) electrons. The molecule has 0 amide bonds. The minimum absolute atomic E-state index is 0.181. The molecule has 2 aromatic carbocycles. The van der Waals surface area contributed by atoms with Gasteiger partial charge >= 0.3 is 5.97 Å². The van der Waals surface area contributed by atoms with Crippen molar-refractivity contribution in [2.75, 3.05) is 5.32 Å². The Morgan fingerprint density at radius 1 is 1.12 bits per heavy atom. The number of benzene rings is 2. The van der Waals surface area contributed by atoms with E-state index in [4.69, 9.17) is 32.9 Å². The number of thiazole rings is 1. The number of ether oxygens (including phenoxy) is 1. The highest BCUT2D eigenvalue weighted by Gasteiger charge is 2.34. The topological polar surface area (TPSA) is 51.2 Å². The van der Waals surface area contributed by atoms with E-state index in [0.717, 1.165) is 39.8 Å². The number of aryl methyl sites for hydroxylation is 1. The van der Waals surface area contributed by atoms with Gasteiger partial charge in [-0.05, 0) is 49.9 Å². The highest BCUT2D eigenvalue weighted by Crippen LogP contribution is 2.41. The van der Waals surface area contributed by atoms with Crippen molar-refractivity contribution in [3.63, 3.8) is 0 Å². The van der Waals surface area contributed by atoms with Crippen LogP contribution in [0, 0.1) is 6.92 Å². The molecule has 0 aliphatic heterocycles. The Morgan fingerprint density at radius 2 is 1.84 bits per heavy atom. The molecule has 0 saturated heterocycles. The van der Waals surface area contributed by atoms with Gasteiger partial charge in [0.25, 0.3) is 0 Å². The molecule has 170 valence electrons. The van der Waals surface area contributed by atoms with Crippen molar-refractivity contribution >= 4 is 51.3 Å². The Kier molecular flexibility index (Phi) is 8.57. The average Bonchev–Trinajstić information content (AvgIpc) is 3.16. The van der Waals surface area contributed by atoms with E-state index in [-0.39, 0.29) is 11.4 Å². The first-order valence-corrected chi connectivity index (χ1v) is 12.3. The predicted octanol–water partition coefficient (Wildman–Crippen LogP) is 8.08. The van der Waals surface area contributed by atoms with E-state index in [0.29, 0.717) is 29.5 Å². The molecule has 1 heterocycles. The third kappa shape index (κ3) is 6.03. The molecule has 0 bridgehead atoms. The van der Waals surface area contributed by atoms with Gasteiger partial charge in [-0.1, -0.05) is 67.4 Å². The van der Waals surface area contributed by atoms with Crippen molar-refractivity contribution in [3.8, 4) is 0 Å². The Labute approximate surface area is 203 Å². The van der Waals surface area contributed by atoms with Crippen LogP contribution >= 0.6 is 34.5 Å². The van der Waals surface area contributed by atoms with Crippen LogP contribution < -0.4 is 5.32 Å². The van der Waals surface area contributed by atoms with E-state index in [2.05, 4.69) is 26.1 Å². The fourth-order valence-corrected chi connectivity index (χ4v) is 5.26. The third-order valence-corrected chi connectivity index (χ3v) is 7.31. The summed E-state index contributed by atoms with van der Waals surface area (Å²) in [6, 6.07) is 15.1. The molecular formula is C25H28Cl2N2O2S. The normalized spacial score (nSPS) is 11.4. The van der Waals surface area contributed by atoms with Crippen LogP contribution in [0.5, 0.6) is 0 Å². The first-order valence-electron chi connectivity index (χ1n) is 10.8. The summed E-state index contributed by atoms with van der Waals surface area (Å²) in [4.78, 5) is 18.5. The second-order valence-electron chi connectivity index (χ2n) is 7.81. The molecule has 0 spiro atoms. The second kappa shape index (κ2) is 11.2. The minimum Gasteiger partial charge on any atom is -0.461 e. The van der Waals surface area contributed by atoms with Crippen molar-refractivity contribution in [2.24, 2.45) is 0 Å². The third-order valence-electron chi connectivity index (χ3n) is 5.88. The molecule has 7 heteroatoms. The summed E-state index contributed by atoms with van der Waals surface area (Å²) in [7, 11) is 0. The van der Waals surface area contributed by atoms with E-state index in [1.807, 2.05) is 36.4 Å². The van der Waals surface area contributed by atoms with Crippen LogP contribution in [-0.4, -0.2) is 11.0 Å². The molecule has 0 unspecified atom stereocenters. The summed E-state index contributed by atoms with van der Waals surface area (Å²) in [5, 5.41) is 5.22. The van der Waals surface area contributed by atoms with Crippen LogP contribution in [0.2, 0.25) is 10.0 Å². The molecule has 0 aliphatic rings. The van der Waals surface area contributed by atoms with Crippen molar-refractivity contribution in [1.29, 1.82) is 0 Å². The zero-order valence-electron chi connectivity index (χ0n) is 18.6. The summed E-state index contributed by atoms with van der Waals surface area (Å²) in [6.45, 7) is 6.69. The van der Waals surface area contributed by atoms with Crippen LogP contribution in [0.25, 0.3) is 0 Å². The molecule has 0 fully saturated rings. The van der Waals surface area contributed by atoms with Crippen molar-refractivity contribution in [2.45, 2.75) is 58.5 Å². The maximum Gasteiger partial charge on any atom is 0.306 e. The molecule has 3 rings (SSSR count). The number of hydrogen-bond donors (Lipinski definition) is 1. The molecule has 0 saturated carbocycles. The zero-order valence-corrected chi connectivity index (χ0v) is 20.9. The van der Waals surface area contributed by atoms with E-state index in [9.17, 15) is 4.79 Å². The van der Waals surface area contributed by atoms with E-state index < -0.39 is 0 Å². The Bertz CT molecular complexity index is 1050. The Morgan fingerprint density at radius 3 is 2.50 bits per heavy atom. The summed E-state index contributed by atoms with van der Waals surface area (Å²) >= 11 is 13.9. The number of nitrogens with zero attached hydrogens (tertiary/aromatic N) is 1. The largest absolute Gasteiger partial charge is 0.461 e. The molecule has 0 atom stereocenters. The summed E-state index contributed by atoms with van der Waals surface area (Å²) in [5.74, 6) is -0.181. The van der Waals surface area contributed by atoms with E-state index >= 15 is 0 Å². The highest BCUT2D eigenvalue weighted by atomic mass is 35.5. The molecule has 1 aromatic heterocycles. The monoisotopic (exact) mass is 490 g/mol. The number of rotatable bonds is 10. The number of anilines is 2. The van der Waals surface area contributed by atoms with Crippen LogP contribution in [0.15, 0.2) is 48.5 Å². The predicted molar refractivity (Wildman–Crippen MR) is 134 cm³/mol. The van der Waals surface area contributed by atoms with Gasteiger partial charge < -0.3 is 10.1 Å². The lowest BCUT2D eigenvalue weighted by molar-refractivity contribution is -0.145. The Balaban J connectivity index is 1.70. The van der Waals surface area contributed by atoms with Crippen LogP contribution in [0.1, 0.15) is 55.7 Å². The maximum absolute atomic E-state index is 12.4. The number of aromatic nitrogens is 1. The SMILES string of the molecule is CCC(CC)(CCC(=O)OCc1ccccc1)c1nc(Nc2ccc(Cl)cc2Cl)sc1C. The van der Waals surface area contributed by atoms with Gasteiger partial charge in [0.2, 0.25) is 0 Å². The molecule has 4 nitrogen and oxygen atoms in total. The quantitative estimate of drug-likeness (QED) is 0.291. The summed E-state index contributed by atoms with van der Waals surface area (Å²) < 4.78 is 5.49. The lowest BCUT2D eigenvalue weighted by Crippen LogP contribution is -2.27. The fraction of sp³-hybridized carbons (Fsp3) is 0.360. The smallest absolute Gasteiger partial charge is 0.306 e. The maximum atomic E-state index is 12.4.